The number of likely N-dealkylation sites (N-methyl/N-ethyl adjacent to an activating group) is 1. The molecule has 4 rings (SSSR count). The van der Waals surface area contributed by atoms with Crippen LogP contribution in [0.2, 0.25) is 0 Å². The number of para-hydroxylation sites is 1. The van der Waals surface area contributed by atoms with Crippen LogP contribution < -0.4 is 10.1 Å². The highest BCUT2D eigenvalue weighted by atomic mass is 16.5. The number of hydrogen-bond acceptors (Lipinski definition) is 5. The van der Waals surface area contributed by atoms with Crippen molar-refractivity contribution in [3.05, 3.63) is 42.6 Å². The predicted octanol–water partition coefficient (Wildman–Crippen LogP) is 3.31. The maximum atomic E-state index is 5.78. The molecule has 1 spiro atoms. The van der Waals surface area contributed by atoms with Crippen LogP contribution in [0.5, 0.6) is 11.6 Å². The molecule has 1 aliphatic heterocycles. The van der Waals surface area contributed by atoms with Gasteiger partial charge in [-0.2, -0.15) is 4.98 Å². The molecule has 1 N–H and O–H groups in total. The van der Waals surface area contributed by atoms with Crippen LogP contribution in [-0.4, -0.2) is 40.0 Å². The lowest BCUT2D eigenvalue weighted by atomic mass is 9.74. The minimum absolute atomic E-state index is 0.410. The van der Waals surface area contributed by atoms with Crippen LogP contribution in [0.4, 0.5) is 5.95 Å². The molecular formula is C18H22N4O. The zero-order chi connectivity index (χ0) is 15.7. The van der Waals surface area contributed by atoms with Gasteiger partial charge in [0.05, 0.1) is 0 Å². The highest BCUT2D eigenvalue weighted by Gasteiger charge is 2.47. The van der Waals surface area contributed by atoms with E-state index >= 15 is 0 Å². The Hall–Kier alpha value is -2.14. The first-order valence-corrected chi connectivity index (χ1v) is 8.27. The van der Waals surface area contributed by atoms with Gasteiger partial charge in [0.15, 0.2) is 0 Å². The molecule has 2 aromatic rings. The van der Waals surface area contributed by atoms with E-state index in [1.54, 1.807) is 12.3 Å². The molecule has 0 bridgehead atoms. The SMILES string of the molecule is CN1CC(Nc2nccc(Oc3ccccc3)n2)CC12CCC2. The van der Waals surface area contributed by atoms with E-state index in [1.807, 2.05) is 30.3 Å². The van der Waals surface area contributed by atoms with E-state index in [0.717, 1.165) is 12.3 Å². The summed E-state index contributed by atoms with van der Waals surface area (Å²) in [5.74, 6) is 2.00. The van der Waals surface area contributed by atoms with Crippen molar-refractivity contribution < 1.29 is 4.74 Å². The van der Waals surface area contributed by atoms with Gasteiger partial charge in [-0.3, -0.25) is 4.90 Å². The maximum absolute atomic E-state index is 5.78. The van der Waals surface area contributed by atoms with Crippen molar-refractivity contribution in [1.29, 1.82) is 0 Å². The number of aromatic nitrogens is 2. The molecule has 1 saturated carbocycles. The normalized spacial score (nSPS) is 22.7. The van der Waals surface area contributed by atoms with Crippen LogP contribution in [0.1, 0.15) is 25.7 Å². The number of anilines is 1. The third-order valence-electron chi connectivity index (χ3n) is 5.14. The molecule has 0 amide bonds. The number of likely N-dealkylation sites (tertiary alicyclic amines) is 1. The lowest BCUT2D eigenvalue weighted by molar-refractivity contribution is 0.0801. The van der Waals surface area contributed by atoms with Crippen LogP contribution in [0, 0.1) is 0 Å². The van der Waals surface area contributed by atoms with Crippen LogP contribution in [0.15, 0.2) is 42.6 Å². The number of nitrogens with zero attached hydrogens (tertiary/aromatic N) is 3. The Bertz CT molecular complexity index is 672. The minimum atomic E-state index is 0.410. The lowest BCUT2D eigenvalue weighted by Crippen LogP contribution is -2.46. The van der Waals surface area contributed by atoms with Crippen molar-refractivity contribution in [3.8, 4) is 11.6 Å². The Kier molecular flexibility index (Phi) is 3.65. The van der Waals surface area contributed by atoms with Crippen molar-refractivity contribution in [2.75, 3.05) is 18.9 Å². The van der Waals surface area contributed by atoms with Crippen molar-refractivity contribution in [2.45, 2.75) is 37.3 Å². The van der Waals surface area contributed by atoms with E-state index < -0.39 is 0 Å². The van der Waals surface area contributed by atoms with E-state index in [-0.39, 0.29) is 0 Å². The molecular weight excluding hydrogens is 288 g/mol. The van der Waals surface area contributed by atoms with E-state index in [0.29, 0.717) is 23.4 Å². The van der Waals surface area contributed by atoms with Gasteiger partial charge in [-0.15, -0.1) is 0 Å². The van der Waals surface area contributed by atoms with Gasteiger partial charge in [-0.25, -0.2) is 4.98 Å². The Morgan fingerprint density at radius 3 is 2.74 bits per heavy atom. The van der Waals surface area contributed by atoms with Crippen molar-refractivity contribution in [3.63, 3.8) is 0 Å². The van der Waals surface area contributed by atoms with E-state index in [4.69, 9.17) is 4.74 Å². The van der Waals surface area contributed by atoms with Gasteiger partial charge in [0.25, 0.3) is 0 Å². The van der Waals surface area contributed by atoms with Gasteiger partial charge >= 0.3 is 0 Å². The number of rotatable bonds is 4. The highest BCUT2D eigenvalue weighted by molar-refractivity contribution is 5.33. The molecule has 0 radical (unpaired) electrons. The number of nitrogens with one attached hydrogen (secondary N) is 1. The van der Waals surface area contributed by atoms with Gasteiger partial charge in [-0.1, -0.05) is 18.2 Å². The van der Waals surface area contributed by atoms with Crippen LogP contribution in [0.3, 0.4) is 0 Å². The van der Waals surface area contributed by atoms with Gasteiger partial charge in [0.2, 0.25) is 11.8 Å². The third-order valence-corrected chi connectivity index (χ3v) is 5.14. The molecule has 2 fully saturated rings. The summed E-state index contributed by atoms with van der Waals surface area (Å²) < 4.78 is 5.78. The van der Waals surface area contributed by atoms with Gasteiger partial charge in [0, 0.05) is 30.4 Å². The minimum Gasteiger partial charge on any atom is -0.439 e. The Labute approximate surface area is 136 Å². The maximum Gasteiger partial charge on any atom is 0.226 e. The third kappa shape index (κ3) is 2.88. The highest BCUT2D eigenvalue weighted by Crippen LogP contribution is 2.44. The fourth-order valence-corrected chi connectivity index (χ4v) is 3.73. The Balaban J connectivity index is 1.43. The fourth-order valence-electron chi connectivity index (χ4n) is 3.73. The second-order valence-corrected chi connectivity index (χ2v) is 6.64. The summed E-state index contributed by atoms with van der Waals surface area (Å²) in [6.45, 7) is 1.05. The van der Waals surface area contributed by atoms with Crippen molar-refractivity contribution in [2.24, 2.45) is 0 Å². The molecule has 5 heteroatoms. The monoisotopic (exact) mass is 310 g/mol. The number of ether oxygens (including phenoxy) is 1. The van der Waals surface area contributed by atoms with E-state index in [9.17, 15) is 0 Å². The quantitative estimate of drug-likeness (QED) is 0.939. The van der Waals surface area contributed by atoms with Gasteiger partial charge in [-0.05, 0) is 44.9 Å². The molecule has 2 heterocycles. The number of hydrogen-bond donors (Lipinski definition) is 1. The average Bonchev–Trinajstić information content (AvgIpc) is 2.85. The topological polar surface area (TPSA) is 50.3 Å². The van der Waals surface area contributed by atoms with Gasteiger partial charge in [0.1, 0.15) is 5.75 Å². The molecule has 1 unspecified atom stereocenters. The van der Waals surface area contributed by atoms with Crippen LogP contribution in [0.25, 0.3) is 0 Å². The molecule has 1 saturated heterocycles. The molecule has 1 aliphatic carbocycles. The molecule has 5 nitrogen and oxygen atoms in total. The first-order valence-electron chi connectivity index (χ1n) is 8.27. The molecule has 1 aromatic heterocycles. The summed E-state index contributed by atoms with van der Waals surface area (Å²) in [4.78, 5) is 11.3. The van der Waals surface area contributed by atoms with Crippen LogP contribution >= 0.6 is 0 Å². The van der Waals surface area contributed by atoms with Gasteiger partial charge < -0.3 is 10.1 Å². The fraction of sp³-hybridized carbons (Fsp3) is 0.444. The Morgan fingerprint density at radius 2 is 2.04 bits per heavy atom. The summed E-state index contributed by atoms with van der Waals surface area (Å²) >= 11 is 0. The van der Waals surface area contributed by atoms with E-state index in [2.05, 4.69) is 27.2 Å². The zero-order valence-corrected chi connectivity index (χ0v) is 13.4. The second-order valence-electron chi connectivity index (χ2n) is 6.64. The predicted molar refractivity (Wildman–Crippen MR) is 89.8 cm³/mol. The van der Waals surface area contributed by atoms with E-state index in [1.165, 1.54) is 25.7 Å². The average molecular weight is 310 g/mol. The van der Waals surface area contributed by atoms with Crippen molar-refractivity contribution in [1.82, 2.24) is 14.9 Å². The summed E-state index contributed by atoms with van der Waals surface area (Å²) in [5.41, 5.74) is 0.426. The summed E-state index contributed by atoms with van der Waals surface area (Å²) in [6.07, 6.45) is 6.91. The number of benzene rings is 1. The smallest absolute Gasteiger partial charge is 0.226 e. The molecule has 120 valence electrons. The molecule has 1 atom stereocenters. The van der Waals surface area contributed by atoms with Crippen molar-refractivity contribution >= 4 is 5.95 Å². The summed E-state index contributed by atoms with van der Waals surface area (Å²) in [6, 6.07) is 11.9. The largest absolute Gasteiger partial charge is 0.439 e. The molecule has 23 heavy (non-hydrogen) atoms. The summed E-state index contributed by atoms with van der Waals surface area (Å²) in [7, 11) is 2.23. The molecule has 2 aliphatic rings. The zero-order valence-electron chi connectivity index (χ0n) is 13.4. The molecule has 1 aromatic carbocycles. The summed E-state index contributed by atoms with van der Waals surface area (Å²) in [5, 5.41) is 3.48. The first-order chi connectivity index (χ1) is 11.2. The van der Waals surface area contributed by atoms with Crippen LogP contribution in [-0.2, 0) is 0 Å². The first kappa shape index (κ1) is 14.5. The lowest BCUT2D eigenvalue weighted by Gasteiger charge is -2.44. The second kappa shape index (κ2) is 5.81. The standard InChI is InChI=1S/C18H22N4O/c1-22-13-14(12-18(22)9-5-10-18)20-17-19-11-8-16(21-17)23-15-6-3-2-4-7-15/h2-4,6-8,11,14H,5,9-10,12-13H2,1H3,(H,19,20,21). The Morgan fingerprint density at radius 1 is 1.22 bits per heavy atom.